The van der Waals surface area contributed by atoms with Crippen LogP contribution < -0.4 is 5.32 Å². The molecule has 1 aliphatic carbocycles. The maximum absolute atomic E-state index is 11.6. The van der Waals surface area contributed by atoms with Crippen molar-refractivity contribution in [2.75, 3.05) is 0 Å². The van der Waals surface area contributed by atoms with Gasteiger partial charge in [-0.1, -0.05) is 18.9 Å². The number of nitrogens with one attached hydrogen (secondary N) is 1. The number of rotatable bonds is 9. The Labute approximate surface area is 115 Å². The molecule has 1 amide bonds. The maximum atomic E-state index is 11.6. The maximum Gasteiger partial charge on any atom is 0.407 e. The summed E-state index contributed by atoms with van der Waals surface area (Å²) in [5, 5.41) is 2.64. The standard InChI is InChI=1S/C15H25NO3/c1-2-3-4-5-6-9-13(12-17)16-15(18)19-14-10-7-8-11-14/h2,12-14H,1,3-11H2,(H,16,18)/t13-/m0/s1. The molecule has 0 bridgehead atoms. The Hall–Kier alpha value is -1.32. The monoisotopic (exact) mass is 267 g/mol. The fourth-order valence-corrected chi connectivity index (χ4v) is 2.35. The molecule has 4 heteroatoms. The second-order valence-corrected chi connectivity index (χ2v) is 5.13. The lowest BCUT2D eigenvalue weighted by Gasteiger charge is -2.16. The van der Waals surface area contributed by atoms with Crippen LogP contribution in [0.3, 0.4) is 0 Å². The molecule has 1 N–H and O–H groups in total. The Morgan fingerprint density at radius 1 is 1.32 bits per heavy atom. The van der Waals surface area contributed by atoms with E-state index in [1.807, 2.05) is 6.08 Å². The number of allylic oxidation sites excluding steroid dienone is 1. The highest BCUT2D eigenvalue weighted by atomic mass is 16.6. The molecule has 1 aliphatic rings. The van der Waals surface area contributed by atoms with E-state index in [9.17, 15) is 9.59 Å². The summed E-state index contributed by atoms with van der Waals surface area (Å²) in [6.07, 6.45) is 11.2. The van der Waals surface area contributed by atoms with Gasteiger partial charge in [-0.15, -0.1) is 6.58 Å². The summed E-state index contributed by atoms with van der Waals surface area (Å²) in [7, 11) is 0. The Kier molecular flexibility index (Phi) is 7.94. The molecule has 1 fully saturated rings. The third-order valence-corrected chi connectivity index (χ3v) is 3.47. The first kappa shape index (κ1) is 15.7. The number of carbonyl (C=O) groups is 2. The van der Waals surface area contributed by atoms with Crippen molar-refractivity contribution in [2.45, 2.75) is 69.9 Å². The molecule has 0 aromatic carbocycles. The lowest BCUT2D eigenvalue weighted by atomic mass is 10.1. The zero-order chi connectivity index (χ0) is 13.9. The molecule has 4 nitrogen and oxygen atoms in total. The number of alkyl carbamates (subject to hydrolysis) is 1. The van der Waals surface area contributed by atoms with Crippen LogP contribution >= 0.6 is 0 Å². The van der Waals surface area contributed by atoms with Crippen molar-refractivity contribution >= 4 is 12.4 Å². The van der Waals surface area contributed by atoms with Gasteiger partial charge in [0.2, 0.25) is 0 Å². The van der Waals surface area contributed by atoms with Gasteiger partial charge in [-0.3, -0.25) is 0 Å². The van der Waals surface area contributed by atoms with Gasteiger partial charge in [0, 0.05) is 0 Å². The van der Waals surface area contributed by atoms with Gasteiger partial charge >= 0.3 is 6.09 Å². The molecule has 0 unspecified atom stereocenters. The quantitative estimate of drug-likeness (QED) is 0.396. The van der Waals surface area contributed by atoms with Gasteiger partial charge in [0.15, 0.2) is 0 Å². The SMILES string of the molecule is C=CCCCCC[C@@H](C=O)NC(=O)OC1CCCC1. The van der Waals surface area contributed by atoms with E-state index >= 15 is 0 Å². The molecule has 0 aliphatic heterocycles. The van der Waals surface area contributed by atoms with Crippen LogP contribution in [0.25, 0.3) is 0 Å². The molecule has 19 heavy (non-hydrogen) atoms. The molecule has 0 aromatic heterocycles. The van der Waals surface area contributed by atoms with E-state index in [2.05, 4.69) is 11.9 Å². The third kappa shape index (κ3) is 6.99. The first-order valence-corrected chi connectivity index (χ1v) is 7.29. The molecule has 0 saturated heterocycles. The summed E-state index contributed by atoms with van der Waals surface area (Å²) >= 11 is 0. The van der Waals surface area contributed by atoms with E-state index < -0.39 is 12.1 Å². The van der Waals surface area contributed by atoms with E-state index in [4.69, 9.17) is 4.74 Å². The first-order chi connectivity index (χ1) is 9.26. The summed E-state index contributed by atoms with van der Waals surface area (Å²) in [6, 6.07) is -0.419. The minimum absolute atomic E-state index is 0.0416. The Morgan fingerprint density at radius 2 is 2.05 bits per heavy atom. The molecule has 108 valence electrons. The Morgan fingerprint density at radius 3 is 2.68 bits per heavy atom. The van der Waals surface area contributed by atoms with Crippen molar-refractivity contribution in [3.63, 3.8) is 0 Å². The zero-order valence-electron chi connectivity index (χ0n) is 11.6. The number of unbranched alkanes of at least 4 members (excludes halogenated alkanes) is 3. The highest BCUT2D eigenvalue weighted by Crippen LogP contribution is 2.20. The van der Waals surface area contributed by atoms with Crippen molar-refractivity contribution in [1.82, 2.24) is 5.32 Å². The summed E-state index contributed by atoms with van der Waals surface area (Å²) < 4.78 is 5.27. The van der Waals surface area contributed by atoms with E-state index in [0.717, 1.165) is 57.7 Å². The number of hydrogen-bond donors (Lipinski definition) is 1. The number of ether oxygens (including phenoxy) is 1. The average molecular weight is 267 g/mol. The van der Waals surface area contributed by atoms with Gasteiger partial charge in [-0.05, 0) is 44.9 Å². The first-order valence-electron chi connectivity index (χ1n) is 7.29. The summed E-state index contributed by atoms with van der Waals surface area (Å²) in [5.41, 5.74) is 0. The molecular formula is C15H25NO3. The van der Waals surface area contributed by atoms with Crippen LogP contribution in [0.1, 0.15) is 57.8 Å². The number of aldehydes is 1. The Balaban J connectivity index is 2.13. The summed E-state index contributed by atoms with van der Waals surface area (Å²) in [5.74, 6) is 0. The van der Waals surface area contributed by atoms with Gasteiger partial charge in [-0.25, -0.2) is 4.79 Å². The lowest BCUT2D eigenvalue weighted by molar-refractivity contribution is -0.109. The normalized spacial score (nSPS) is 16.8. The minimum atomic E-state index is -0.449. The van der Waals surface area contributed by atoms with Crippen molar-refractivity contribution in [3.05, 3.63) is 12.7 Å². The van der Waals surface area contributed by atoms with Gasteiger partial charge in [0.1, 0.15) is 12.4 Å². The van der Waals surface area contributed by atoms with Crippen molar-refractivity contribution in [3.8, 4) is 0 Å². The largest absolute Gasteiger partial charge is 0.446 e. The van der Waals surface area contributed by atoms with Crippen LogP contribution in [0.15, 0.2) is 12.7 Å². The van der Waals surface area contributed by atoms with Crippen LogP contribution in [-0.4, -0.2) is 24.5 Å². The topological polar surface area (TPSA) is 55.4 Å². The van der Waals surface area contributed by atoms with Crippen molar-refractivity contribution in [1.29, 1.82) is 0 Å². The smallest absolute Gasteiger partial charge is 0.407 e. The molecule has 1 rings (SSSR count). The Bertz CT molecular complexity index is 285. The van der Waals surface area contributed by atoms with Crippen molar-refractivity contribution in [2.24, 2.45) is 0 Å². The van der Waals surface area contributed by atoms with Crippen LogP contribution in [-0.2, 0) is 9.53 Å². The fraction of sp³-hybridized carbons (Fsp3) is 0.733. The predicted octanol–water partition coefficient (Wildman–Crippen LogP) is 3.36. The highest BCUT2D eigenvalue weighted by molar-refractivity contribution is 5.73. The number of hydrogen-bond acceptors (Lipinski definition) is 3. The van der Waals surface area contributed by atoms with Gasteiger partial charge < -0.3 is 14.8 Å². The zero-order valence-corrected chi connectivity index (χ0v) is 11.6. The van der Waals surface area contributed by atoms with E-state index in [1.165, 1.54) is 0 Å². The number of carbonyl (C=O) groups excluding carboxylic acids is 2. The second-order valence-electron chi connectivity index (χ2n) is 5.13. The second kappa shape index (κ2) is 9.59. The molecule has 0 radical (unpaired) electrons. The van der Waals surface area contributed by atoms with E-state index in [0.29, 0.717) is 6.42 Å². The molecule has 1 saturated carbocycles. The fourth-order valence-electron chi connectivity index (χ4n) is 2.35. The molecule has 0 aromatic rings. The predicted molar refractivity (Wildman–Crippen MR) is 75.0 cm³/mol. The van der Waals surface area contributed by atoms with E-state index in [-0.39, 0.29) is 6.10 Å². The van der Waals surface area contributed by atoms with Gasteiger partial charge in [0.25, 0.3) is 0 Å². The van der Waals surface area contributed by atoms with Crippen LogP contribution in [0.2, 0.25) is 0 Å². The van der Waals surface area contributed by atoms with Gasteiger partial charge in [-0.2, -0.15) is 0 Å². The molecule has 0 heterocycles. The summed E-state index contributed by atoms with van der Waals surface area (Å²) in [4.78, 5) is 22.5. The molecule has 1 atom stereocenters. The van der Waals surface area contributed by atoms with Crippen LogP contribution in [0.4, 0.5) is 4.79 Å². The van der Waals surface area contributed by atoms with Crippen molar-refractivity contribution < 1.29 is 14.3 Å². The highest BCUT2D eigenvalue weighted by Gasteiger charge is 2.20. The van der Waals surface area contributed by atoms with Gasteiger partial charge in [0.05, 0.1) is 6.04 Å². The average Bonchev–Trinajstić information content (AvgIpc) is 2.89. The lowest BCUT2D eigenvalue weighted by Crippen LogP contribution is -2.37. The third-order valence-electron chi connectivity index (χ3n) is 3.47. The van der Waals surface area contributed by atoms with E-state index in [1.54, 1.807) is 0 Å². The number of amides is 1. The van der Waals surface area contributed by atoms with Crippen LogP contribution in [0.5, 0.6) is 0 Å². The summed E-state index contributed by atoms with van der Waals surface area (Å²) in [6.45, 7) is 3.67. The molecular weight excluding hydrogens is 242 g/mol. The van der Waals surface area contributed by atoms with Crippen LogP contribution in [0, 0.1) is 0 Å². The minimum Gasteiger partial charge on any atom is -0.446 e. The molecule has 0 spiro atoms.